The average Bonchev–Trinajstić information content (AvgIpc) is 2.73. The lowest BCUT2D eigenvalue weighted by atomic mass is 10.1. The number of nitrogens with one attached hydrogen (secondary N) is 1. The lowest BCUT2D eigenvalue weighted by molar-refractivity contribution is -0.134. The van der Waals surface area contributed by atoms with Gasteiger partial charge in [-0.25, -0.2) is 0 Å². The van der Waals surface area contributed by atoms with Crippen molar-refractivity contribution < 1.29 is 9.59 Å². The normalized spacial score (nSPS) is 22.6. The number of hydrogen-bond acceptors (Lipinski definition) is 3. The minimum absolute atomic E-state index is 0.0497. The van der Waals surface area contributed by atoms with Gasteiger partial charge in [-0.15, -0.1) is 11.8 Å². The maximum absolute atomic E-state index is 12.5. The van der Waals surface area contributed by atoms with Crippen LogP contribution in [0.15, 0.2) is 29.2 Å². The molecule has 2 amide bonds. The molecule has 100 valence electrons. The number of thioether (sulfide) groups is 1. The van der Waals surface area contributed by atoms with Crippen molar-refractivity contribution in [1.29, 1.82) is 0 Å². The average molecular weight is 276 g/mol. The van der Waals surface area contributed by atoms with Gasteiger partial charge in [0, 0.05) is 18.0 Å². The lowest BCUT2D eigenvalue weighted by Crippen LogP contribution is -2.41. The summed E-state index contributed by atoms with van der Waals surface area (Å²) in [4.78, 5) is 26.9. The largest absolute Gasteiger partial charge is 0.354 e. The standard InChI is InChI=1S/C14H16N2O2S/c17-13-9-16(7-3-6-15-13)14(18)12-8-10-4-1-2-5-11(10)19-12/h1-2,4-5,12H,3,6-9H2,(H,15,17). The van der Waals surface area contributed by atoms with Gasteiger partial charge in [0.2, 0.25) is 11.8 Å². The van der Waals surface area contributed by atoms with E-state index in [0.29, 0.717) is 13.1 Å². The lowest BCUT2D eigenvalue weighted by Gasteiger charge is -2.22. The molecule has 0 radical (unpaired) electrons. The third kappa shape index (κ3) is 2.61. The van der Waals surface area contributed by atoms with Gasteiger partial charge in [0.15, 0.2) is 0 Å². The molecule has 1 aromatic rings. The first-order chi connectivity index (χ1) is 9.24. The molecule has 2 aliphatic heterocycles. The molecule has 1 saturated heterocycles. The molecule has 1 atom stereocenters. The molecule has 4 nitrogen and oxygen atoms in total. The molecule has 3 rings (SSSR count). The van der Waals surface area contributed by atoms with E-state index in [2.05, 4.69) is 17.4 Å². The Morgan fingerprint density at radius 1 is 1.37 bits per heavy atom. The van der Waals surface area contributed by atoms with E-state index in [1.807, 2.05) is 12.1 Å². The Balaban J connectivity index is 1.70. The van der Waals surface area contributed by atoms with Crippen LogP contribution in [0, 0.1) is 0 Å². The van der Waals surface area contributed by atoms with Crippen LogP contribution in [-0.4, -0.2) is 41.6 Å². The second-order valence-corrected chi connectivity index (χ2v) is 6.13. The van der Waals surface area contributed by atoms with Crippen molar-refractivity contribution >= 4 is 23.6 Å². The number of carbonyl (C=O) groups is 2. The van der Waals surface area contributed by atoms with Crippen LogP contribution in [-0.2, 0) is 16.0 Å². The quantitative estimate of drug-likeness (QED) is 0.834. The maximum Gasteiger partial charge on any atom is 0.239 e. The van der Waals surface area contributed by atoms with Gasteiger partial charge in [-0.05, 0) is 24.5 Å². The van der Waals surface area contributed by atoms with Crippen molar-refractivity contribution in [2.75, 3.05) is 19.6 Å². The van der Waals surface area contributed by atoms with Crippen molar-refractivity contribution in [1.82, 2.24) is 10.2 Å². The van der Waals surface area contributed by atoms with Gasteiger partial charge < -0.3 is 10.2 Å². The Morgan fingerprint density at radius 2 is 2.21 bits per heavy atom. The van der Waals surface area contributed by atoms with Crippen LogP contribution in [0.4, 0.5) is 0 Å². The molecular weight excluding hydrogens is 260 g/mol. The van der Waals surface area contributed by atoms with E-state index in [4.69, 9.17) is 0 Å². The number of nitrogens with zero attached hydrogens (tertiary/aromatic N) is 1. The van der Waals surface area contributed by atoms with Crippen LogP contribution < -0.4 is 5.32 Å². The zero-order valence-electron chi connectivity index (χ0n) is 10.6. The Morgan fingerprint density at radius 3 is 3.05 bits per heavy atom. The van der Waals surface area contributed by atoms with Gasteiger partial charge in [0.1, 0.15) is 0 Å². The second-order valence-electron chi connectivity index (χ2n) is 4.88. The summed E-state index contributed by atoms with van der Waals surface area (Å²) in [5, 5.41) is 2.73. The third-order valence-corrected chi connectivity index (χ3v) is 4.80. The van der Waals surface area contributed by atoms with Crippen LogP contribution in [0.3, 0.4) is 0 Å². The van der Waals surface area contributed by atoms with E-state index in [1.165, 1.54) is 10.5 Å². The monoisotopic (exact) mass is 276 g/mol. The van der Waals surface area contributed by atoms with Crippen LogP contribution in [0.5, 0.6) is 0 Å². The smallest absolute Gasteiger partial charge is 0.239 e. The minimum atomic E-state index is -0.0664. The maximum atomic E-state index is 12.5. The van der Waals surface area contributed by atoms with E-state index >= 15 is 0 Å². The van der Waals surface area contributed by atoms with Crippen molar-refractivity contribution in [3.8, 4) is 0 Å². The molecule has 5 heteroatoms. The van der Waals surface area contributed by atoms with E-state index in [-0.39, 0.29) is 23.6 Å². The molecule has 1 aromatic carbocycles. The molecule has 19 heavy (non-hydrogen) atoms. The second kappa shape index (κ2) is 5.25. The van der Waals surface area contributed by atoms with Crippen molar-refractivity contribution in [3.63, 3.8) is 0 Å². The summed E-state index contributed by atoms with van der Waals surface area (Å²) in [6, 6.07) is 8.14. The number of hydrogen-bond donors (Lipinski definition) is 1. The summed E-state index contributed by atoms with van der Waals surface area (Å²) in [5.41, 5.74) is 1.24. The highest BCUT2D eigenvalue weighted by molar-refractivity contribution is 8.01. The molecule has 0 bridgehead atoms. The molecular formula is C14H16N2O2S. The zero-order valence-corrected chi connectivity index (χ0v) is 11.4. The van der Waals surface area contributed by atoms with Gasteiger partial charge in [-0.2, -0.15) is 0 Å². The minimum Gasteiger partial charge on any atom is -0.354 e. The summed E-state index contributed by atoms with van der Waals surface area (Å²) in [7, 11) is 0. The number of benzene rings is 1. The zero-order chi connectivity index (χ0) is 13.2. The van der Waals surface area contributed by atoms with E-state index in [9.17, 15) is 9.59 Å². The number of rotatable bonds is 1. The fraction of sp³-hybridized carbons (Fsp3) is 0.429. The van der Waals surface area contributed by atoms with E-state index < -0.39 is 0 Å². The number of amides is 2. The molecule has 0 saturated carbocycles. The van der Waals surface area contributed by atoms with E-state index in [0.717, 1.165) is 12.8 Å². The number of fused-ring (bicyclic) bond motifs is 1. The molecule has 1 unspecified atom stereocenters. The van der Waals surface area contributed by atoms with Crippen molar-refractivity contribution in [2.45, 2.75) is 23.0 Å². The molecule has 0 spiro atoms. The Bertz CT molecular complexity index is 493. The fourth-order valence-electron chi connectivity index (χ4n) is 2.52. The van der Waals surface area contributed by atoms with Crippen molar-refractivity contribution in [3.05, 3.63) is 29.8 Å². The fourth-order valence-corrected chi connectivity index (χ4v) is 3.80. The summed E-state index contributed by atoms with van der Waals surface area (Å²) in [5.74, 6) is 0.0459. The SMILES string of the molecule is O=C1CN(C(=O)C2Cc3ccccc3S2)CCCN1. The van der Waals surface area contributed by atoms with Gasteiger partial charge in [0.05, 0.1) is 11.8 Å². The predicted molar refractivity (Wildman–Crippen MR) is 74.0 cm³/mol. The Kier molecular flexibility index (Phi) is 3.46. The third-order valence-electron chi connectivity index (χ3n) is 3.50. The van der Waals surface area contributed by atoms with Crippen LogP contribution in [0.25, 0.3) is 0 Å². The highest BCUT2D eigenvalue weighted by Gasteiger charge is 2.32. The van der Waals surface area contributed by atoms with Gasteiger partial charge in [-0.1, -0.05) is 18.2 Å². The first kappa shape index (κ1) is 12.5. The molecule has 1 N–H and O–H groups in total. The van der Waals surface area contributed by atoms with Crippen LogP contribution in [0.2, 0.25) is 0 Å². The molecule has 2 heterocycles. The summed E-state index contributed by atoms with van der Waals surface area (Å²) in [6.45, 7) is 1.54. The molecule has 1 fully saturated rings. The van der Waals surface area contributed by atoms with Crippen molar-refractivity contribution in [2.24, 2.45) is 0 Å². The highest BCUT2D eigenvalue weighted by atomic mass is 32.2. The highest BCUT2D eigenvalue weighted by Crippen LogP contribution is 2.37. The molecule has 0 aliphatic carbocycles. The summed E-state index contributed by atoms with van der Waals surface area (Å²) < 4.78 is 0. The summed E-state index contributed by atoms with van der Waals surface area (Å²) in [6.07, 6.45) is 1.61. The van der Waals surface area contributed by atoms with Gasteiger partial charge in [0.25, 0.3) is 0 Å². The Hall–Kier alpha value is -1.49. The van der Waals surface area contributed by atoms with Gasteiger partial charge in [-0.3, -0.25) is 9.59 Å². The number of carbonyl (C=O) groups excluding carboxylic acids is 2. The van der Waals surface area contributed by atoms with E-state index in [1.54, 1.807) is 16.7 Å². The van der Waals surface area contributed by atoms with Crippen LogP contribution in [0.1, 0.15) is 12.0 Å². The van der Waals surface area contributed by atoms with Crippen LogP contribution >= 0.6 is 11.8 Å². The first-order valence-electron chi connectivity index (χ1n) is 6.54. The van der Waals surface area contributed by atoms with Gasteiger partial charge >= 0.3 is 0 Å². The Labute approximate surface area is 116 Å². The first-order valence-corrected chi connectivity index (χ1v) is 7.42. The predicted octanol–water partition coefficient (Wildman–Crippen LogP) is 1.05. The summed E-state index contributed by atoms with van der Waals surface area (Å²) >= 11 is 1.62. The molecule has 0 aromatic heterocycles. The topological polar surface area (TPSA) is 49.4 Å². The molecule has 2 aliphatic rings.